The number of imidazole rings is 1. The van der Waals surface area contributed by atoms with Crippen LogP contribution in [0.4, 0.5) is 0 Å². The number of fused-ring (bicyclic) bond motifs is 3. The fourth-order valence-electron chi connectivity index (χ4n) is 2.65. The van der Waals surface area contributed by atoms with Crippen molar-refractivity contribution in [2.24, 2.45) is 0 Å². The molecule has 0 radical (unpaired) electrons. The molecule has 0 atom stereocenters. The molecule has 2 heterocycles. The van der Waals surface area contributed by atoms with E-state index in [4.69, 9.17) is 9.72 Å². The fourth-order valence-corrected chi connectivity index (χ4v) is 3.69. The van der Waals surface area contributed by atoms with Crippen molar-refractivity contribution >= 4 is 26.5 Å². The predicted octanol–water partition coefficient (Wildman–Crippen LogP) is 5.31. The van der Waals surface area contributed by atoms with Crippen LogP contribution in [0.15, 0.2) is 48.7 Å². The first-order valence-corrected chi connectivity index (χ1v) is 8.68. The second-order valence-corrected chi connectivity index (χ2v) is 6.73. The van der Waals surface area contributed by atoms with Crippen LogP contribution in [-0.4, -0.2) is 16.0 Å². The van der Waals surface area contributed by atoms with Gasteiger partial charge in [-0.1, -0.05) is 48.1 Å². The van der Waals surface area contributed by atoms with Gasteiger partial charge in [0.05, 0.1) is 22.5 Å². The molecule has 4 rings (SSSR count). The van der Waals surface area contributed by atoms with Gasteiger partial charge in [0.15, 0.2) is 4.96 Å². The van der Waals surface area contributed by atoms with Crippen molar-refractivity contribution in [3.63, 3.8) is 0 Å². The van der Waals surface area contributed by atoms with Crippen LogP contribution in [0.5, 0.6) is 5.75 Å². The van der Waals surface area contributed by atoms with Gasteiger partial charge in [-0.15, -0.1) is 0 Å². The number of rotatable bonds is 4. The van der Waals surface area contributed by atoms with Gasteiger partial charge >= 0.3 is 0 Å². The zero-order valence-corrected chi connectivity index (χ0v) is 14.1. The molecule has 4 aromatic rings. The Morgan fingerprint density at radius 1 is 1.13 bits per heavy atom. The molecule has 0 saturated carbocycles. The zero-order valence-electron chi connectivity index (χ0n) is 13.2. The first kappa shape index (κ1) is 14.3. The molecule has 3 nitrogen and oxygen atoms in total. The number of hydrogen-bond acceptors (Lipinski definition) is 3. The van der Waals surface area contributed by atoms with Crippen molar-refractivity contribution in [2.45, 2.75) is 20.3 Å². The second-order valence-electron chi connectivity index (χ2n) is 5.72. The van der Waals surface area contributed by atoms with Gasteiger partial charge in [0, 0.05) is 11.8 Å². The lowest BCUT2D eigenvalue weighted by Crippen LogP contribution is -1.94. The number of aryl methyl sites for hydroxylation is 1. The summed E-state index contributed by atoms with van der Waals surface area (Å²) in [5.74, 6) is 0.933. The summed E-state index contributed by atoms with van der Waals surface area (Å²) in [6.45, 7) is 4.97. The third-order valence-electron chi connectivity index (χ3n) is 3.89. The molecule has 0 aliphatic carbocycles. The Balaban J connectivity index is 1.76. The maximum Gasteiger partial charge on any atom is 0.195 e. The zero-order chi connectivity index (χ0) is 15.8. The molecule has 0 amide bonds. The van der Waals surface area contributed by atoms with Gasteiger partial charge in [-0.05, 0) is 31.5 Å². The van der Waals surface area contributed by atoms with Crippen molar-refractivity contribution in [3.8, 4) is 17.0 Å². The summed E-state index contributed by atoms with van der Waals surface area (Å²) >= 11 is 1.70. The van der Waals surface area contributed by atoms with Gasteiger partial charge in [-0.2, -0.15) is 0 Å². The Bertz CT molecular complexity index is 966. The maximum absolute atomic E-state index is 5.72. The van der Waals surface area contributed by atoms with Gasteiger partial charge in [0.1, 0.15) is 5.75 Å². The third-order valence-corrected chi connectivity index (χ3v) is 4.90. The Hall–Kier alpha value is -2.33. The Labute approximate surface area is 139 Å². The lowest BCUT2D eigenvalue weighted by Gasteiger charge is -2.03. The molecule has 0 spiro atoms. The van der Waals surface area contributed by atoms with E-state index in [1.54, 1.807) is 11.3 Å². The molecule has 0 bridgehead atoms. The maximum atomic E-state index is 5.72. The molecular weight excluding hydrogens is 304 g/mol. The van der Waals surface area contributed by atoms with Crippen molar-refractivity contribution in [1.29, 1.82) is 0 Å². The van der Waals surface area contributed by atoms with Gasteiger partial charge in [-0.3, -0.25) is 4.40 Å². The van der Waals surface area contributed by atoms with Crippen LogP contribution in [0.1, 0.15) is 18.9 Å². The molecule has 0 N–H and O–H groups in total. The van der Waals surface area contributed by atoms with Crippen molar-refractivity contribution < 1.29 is 4.74 Å². The number of aromatic nitrogens is 2. The Morgan fingerprint density at radius 3 is 2.74 bits per heavy atom. The highest BCUT2D eigenvalue weighted by molar-refractivity contribution is 7.23. The van der Waals surface area contributed by atoms with Crippen molar-refractivity contribution in [1.82, 2.24) is 9.38 Å². The highest BCUT2D eigenvalue weighted by atomic mass is 32.1. The average molecular weight is 322 g/mol. The van der Waals surface area contributed by atoms with E-state index < -0.39 is 0 Å². The van der Waals surface area contributed by atoms with E-state index >= 15 is 0 Å². The summed E-state index contributed by atoms with van der Waals surface area (Å²) in [6.07, 6.45) is 3.14. The van der Waals surface area contributed by atoms with E-state index in [9.17, 15) is 0 Å². The number of benzene rings is 2. The summed E-state index contributed by atoms with van der Waals surface area (Å²) in [5, 5.41) is 0. The van der Waals surface area contributed by atoms with E-state index in [0.29, 0.717) is 0 Å². The summed E-state index contributed by atoms with van der Waals surface area (Å²) in [6, 6.07) is 14.8. The van der Waals surface area contributed by atoms with E-state index in [0.717, 1.165) is 35.0 Å². The number of ether oxygens (including phenoxy) is 1. The Morgan fingerprint density at radius 2 is 1.96 bits per heavy atom. The standard InChI is InChI=1S/C19H18N2OS/c1-3-10-22-15-8-9-17-18(11-15)23-19-20-16(12-21(17)19)14-6-4-13(2)5-7-14/h4-9,11-12H,3,10H2,1-2H3. The first-order chi connectivity index (χ1) is 11.2. The van der Waals surface area contributed by atoms with Crippen LogP contribution in [0, 0.1) is 6.92 Å². The molecule has 0 aliphatic rings. The van der Waals surface area contributed by atoms with Crippen LogP contribution in [0.3, 0.4) is 0 Å². The minimum atomic E-state index is 0.756. The molecule has 4 heteroatoms. The highest BCUT2D eigenvalue weighted by Gasteiger charge is 2.11. The third kappa shape index (κ3) is 2.59. The lowest BCUT2D eigenvalue weighted by molar-refractivity contribution is 0.318. The summed E-state index contributed by atoms with van der Waals surface area (Å²) in [5.41, 5.74) is 4.62. The normalized spacial score (nSPS) is 11.4. The molecule has 2 aromatic heterocycles. The first-order valence-electron chi connectivity index (χ1n) is 7.86. The molecule has 0 unspecified atom stereocenters. The van der Waals surface area contributed by atoms with Crippen LogP contribution in [0.25, 0.3) is 26.4 Å². The lowest BCUT2D eigenvalue weighted by atomic mass is 10.1. The van der Waals surface area contributed by atoms with Crippen LogP contribution in [-0.2, 0) is 0 Å². The molecule has 0 fully saturated rings. The monoisotopic (exact) mass is 322 g/mol. The second kappa shape index (κ2) is 5.70. The number of thiazole rings is 1. The van der Waals surface area contributed by atoms with Crippen molar-refractivity contribution in [2.75, 3.05) is 6.61 Å². The quantitative estimate of drug-likeness (QED) is 0.509. The molecule has 2 aromatic carbocycles. The summed E-state index contributed by atoms with van der Waals surface area (Å²) in [4.78, 5) is 5.80. The minimum Gasteiger partial charge on any atom is -0.494 e. The van der Waals surface area contributed by atoms with E-state index in [2.05, 4.69) is 60.8 Å². The van der Waals surface area contributed by atoms with Gasteiger partial charge in [0.2, 0.25) is 0 Å². The summed E-state index contributed by atoms with van der Waals surface area (Å²) in [7, 11) is 0. The minimum absolute atomic E-state index is 0.756. The highest BCUT2D eigenvalue weighted by Crippen LogP contribution is 2.31. The smallest absolute Gasteiger partial charge is 0.195 e. The van der Waals surface area contributed by atoms with Gasteiger partial charge in [-0.25, -0.2) is 4.98 Å². The predicted molar refractivity (Wildman–Crippen MR) is 96.5 cm³/mol. The van der Waals surface area contributed by atoms with Crippen molar-refractivity contribution in [3.05, 3.63) is 54.2 Å². The van der Waals surface area contributed by atoms with E-state index in [1.165, 1.54) is 15.8 Å². The SMILES string of the molecule is CCCOc1ccc2c(c1)sc1nc(-c3ccc(C)cc3)cn12. The molecule has 23 heavy (non-hydrogen) atoms. The van der Waals surface area contributed by atoms with Gasteiger partial charge < -0.3 is 4.74 Å². The van der Waals surface area contributed by atoms with Gasteiger partial charge in [0.25, 0.3) is 0 Å². The largest absolute Gasteiger partial charge is 0.494 e. The van der Waals surface area contributed by atoms with E-state index in [1.807, 2.05) is 6.07 Å². The number of nitrogens with zero attached hydrogens (tertiary/aromatic N) is 2. The van der Waals surface area contributed by atoms with Crippen LogP contribution >= 0.6 is 11.3 Å². The van der Waals surface area contributed by atoms with E-state index in [-0.39, 0.29) is 0 Å². The molecule has 0 saturated heterocycles. The fraction of sp³-hybridized carbons (Fsp3) is 0.211. The molecule has 116 valence electrons. The average Bonchev–Trinajstić information content (AvgIpc) is 3.10. The number of hydrogen-bond donors (Lipinski definition) is 0. The van der Waals surface area contributed by atoms with Crippen LogP contribution in [0.2, 0.25) is 0 Å². The molecule has 0 aliphatic heterocycles. The molecular formula is C19H18N2OS. The Kier molecular flexibility index (Phi) is 3.54. The topological polar surface area (TPSA) is 26.5 Å². The summed E-state index contributed by atoms with van der Waals surface area (Å²) < 4.78 is 9.09. The van der Waals surface area contributed by atoms with Crippen LogP contribution < -0.4 is 4.74 Å².